The fraction of sp³-hybridized carbons (Fsp3) is 1.00. The van der Waals surface area contributed by atoms with Crippen molar-refractivity contribution in [3.63, 3.8) is 0 Å². The van der Waals surface area contributed by atoms with Crippen molar-refractivity contribution in [2.75, 3.05) is 19.6 Å². The zero-order valence-electron chi connectivity index (χ0n) is 11.6. The van der Waals surface area contributed by atoms with Crippen LogP contribution < -0.4 is 5.32 Å². The van der Waals surface area contributed by atoms with Crippen LogP contribution >= 0.6 is 0 Å². The van der Waals surface area contributed by atoms with Gasteiger partial charge in [-0.05, 0) is 45.2 Å². The molecule has 1 aliphatic rings. The largest absolute Gasteiger partial charge is 0.315 e. The molecule has 0 spiro atoms. The van der Waals surface area contributed by atoms with Crippen LogP contribution in [0.1, 0.15) is 53.4 Å². The molecule has 1 N–H and O–H groups in total. The summed E-state index contributed by atoms with van der Waals surface area (Å²) < 4.78 is 0. The van der Waals surface area contributed by atoms with Crippen LogP contribution in [0, 0.1) is 5.92 Å². The molecule has 0 amide bonds. The third kappa shape index (κ3) is 4.42. The molecule has 2 heteroatoms. The van der Waals surface area contributed by atoms with Gasteiger partial charge in [-0.2, -0.15) is 0 Å². The third-order valence-electron chi connectivity index (χ3n) is 3.70. The van der Waals surface area contributed by atoms with Gasteiger partial charge in [0.1, 0.15) is 0 Å². The lowest BCUT2D eigenvalue weighted by atomic mass is 9.98. The van der Waals surface area contributed by atoms with E-state index < -0.39 is 0 Å². The lowest BCUT2D eigenvalue weighted by molar-refractivity contribution is 0.0989. The van der Waals surface area contributed by atoms with Crippen molar-refractivity contribution < 1.29 is 0 Å². The Morgan fingerprint density at radius 3 is 2.56 bits per heavy atom. The normalized spacial score (nSPS) is 24.9. The van der Waals surface area contributed by atoms with E-state index >= 15 is 0 Å². The van der Waals surface area contributed by atoms with Gasteiger partial charge in [0.15, 0.2) is 0 Å². The molecule has 0 aromatic carbocycles. The fourth-order valence-electron chi connectivity index (χ4n) is 2.74. The minimum Gasteiger partial charge on any atom is -0.315 e. The first-order valence-corrected chi connectivity index (χ1v) is 7.11. The number of rotatable bonds is 6. The second-order valence-electron chi connectivity index (χ2n) is 5.70. The molecular formula is C14H30N2. The van der Waals surface area contributed by atoms with E-state index in [2.05, 4.69) is 37.9 Å². The van der Waals surface area contributed by atoms with Gasteiger partial charge in [-0.15, -0.1) is 0 Å². The van der Waals surface area contributed by atoms with Crippen LogP contribution in [0.25, 0.3) is 0 Å². The molecule has 1 saturated heterocycles. The first-order valence-electron chi connectivity index (χ1n) is 7.11. The highest BCUT2D eigenvalue weighted by Gasteiger charge is 2.24. The maximum atomic E-state index is 3.58. The van der Waals surface area contributed by atoms with Crippen LogP contribution in [0.5, 0.6) is 0 Å². The number of hydrogen-bond acceptors (Lipinski definition) is 2. The summed E-state index contributed by atoms with van der Waals surface area (Å²) in [5, 5.41) is 3.58. The van der Waals surface area contributed by atoms with Crippen molar-refractivity contribution in [1.29, 1.82) is 0 Å². The Labute approximate surface area is 102 Å². The van der Waals surface area contributed by atoms with Gasteiger partial charge in [-0.1, -0.05) is 27.2 Å². The molecule has 0 radical (unpaired) electrons. The molecule has 1 rings (SSSR count). The lowest BCUT2D eigenvalue weighted by Gasteiger charge is -2.39. The minimum absolute atomic E-state index is 0.698. The van der Waals surface area contributed by atoms with Gasteiger partial charge in [0, 0.05) is 18.6 Å². The standard InChI is InChI=1S/C14H30N2/c1-5-14-8-6-7-9-16(14)13(4)11-15-10-12(2)3/h12-15H,5-11H2,1-4H3. The summed E-state index contributed by atoms with van der Waals surface area (Å²) in [5.74, 6) is 0.760. The first-order chi connectivity index (χ1) is 7.65. The van der Waals surface area contributed by atoms with E-state index in [1.54, 1.807) is 0 Å². The van der Waals surface area contributed by atoms with Crippen molar-refractivity contribution in [2.45, 2.75) is 65.5 Å². The van der Waals surface area contributed by atoms with Crippen LogP contribution in [0.2, 0.25) is 0 Å². The van der Waals surface area contributed by atoms with Crippen molar-refractivity contribution in [1.82, 2.24) is 10.2 Å². The van der Waals surface area contributed by atoms with Crippen LogP contribution in [0.4, 0.5) is 0 Å². The molecule has 1 heterocycles. The van der Waals surface area contributed by atoms with E-state index in [1.807, 2.05) is 0 Å². The summed E-state index contributed by atoms with van der Waals surface area (Å²) in [4.78, 5) is 2.72. The van der Waals surface area contributed by atoms with Gasteiger partial charge in [0.05, 0.1) is 0 Å². The molecule has 2 unspecified atom stereocenters. The zero-order valence-corrected chi connectivity index (χ0v) is 11.6. The van der Waals surface area contributed by atoms with Gasteiger partial charge in [-0.3, -0.25) is 4.90 Å². The maximum absolute atomic E-state index is 3.58. The first kappa shape index (κ1) is 14.0. The highest BCUT2D eigenvalue weighted by atomic mass is 15.2. The van der Waals surface area contributed by atoms with Crippen molar-refractivity contribution >= 4 is 0 Å². The van der Waals surface area contributed by atoms with E-state index in [1.165, 1.54) is 32.2 Å². The monoisotopic (exact) mass is 226 g/mol. The number of nitrogens with one attached hydrogen (secondary N) is 1. The Bertz CT molecular complexity index is 180. The molecule has 0 bridgehead atoms. The highest BCUT2D eigenvalue weighted by molar-refractivity contribution is 4.81. The van der Waals surface area contributed by atoms with E-state index in [-0.39, 0.29) is 0 Å². The van der Waals surface area contributed by atoms with Crippen LogP contribution in [-0.2, 0) is 0 Å². The number of nitrogens with zero attached hydrogens (tertiary/aromatic N) is 1. The Balaban J connectivity index is 2.29. The molecular weight excluding hydrogens is 196 g/mol. The fourth-order valence-corrected chi connectivity index (χ4v) is 2.74. The average molecular weight is 226 g/mol. The Kier molecular flexibility index (Phi) is 6.37. The summed E-state index contributed by atoms with van der Waals surface area (Å²) in [5.41, 5.74) is 0. The predicted octanol–water partition coefficient (Wildman–Crippen LogP) is 2.89. The molecule has 1 fully saturated rings. The van der Waals surface area contributed by atoms with Crippen molar-refractivity contribution in [3.05, 3.63) is 0 Å². The molecule has 96 valence electrons. The average Bonchev–Trinajstić information content (AvgIpc) is 2.28. The van der Waals surface area contributed by atoms with Crippen LogP contribution in [-0.4, -0.2) is 36.6 Å². The molecule has 16 heavy (non-hydrogen) atoms. The Morgan fingerprint density at radius 2 is 1.94 bits per heavy atom. The smallest absolute Gasteiger partial charge is 0.0195 e. The number of likely N-dealkylation sites (tertiary alicyclic amines) is 1. The maximum Gasteiger partial charge on any atom is 0.0195 e. The van der Waals surface area contributed by atoms with Gasteiger partial charge in [-0.25, -0.2) is 0 Å². The molecule has 0 aromatic rings. The second kappa shape index (κ2) is 7.29. The van der Waals surface area contributed by atoms with Gasteiger partial charge in [0.2, 0.25) is 0 Å². The summed E-state index contributed by atoms with van der Waals surface area (Å²) in [7, 11) is 0. The van der Waals surface area contributed by atoms with Gasteiger partial charge < -0.3 is 5.32 Å². The minimum atomic E-state index is 0.698. The Hall–Kier alpha value is -0.0800. The summed E-state index contributed by atoms with van der Waals surface area (Å²) >= 11 is 0. The van der Waals surface area contributed by atoms with E-state index in [9.17, 15) is 0 Å². The molecule has 0 aliphatic carbocycles. The number of piperidine rings is 1. The second-order valence-corrected chi connectivity index (χ2v) is 5.70. The molecule has 1 aliphatic heterocycles. The molecule has 2 atom stereocenters. The molecule has 0 aromatic heterocycles. The summed E-state index contributed by atoms with van der Waals surface area (Å²) in [6.07, 6.45) is 5.55. The SMILES string of the molecule is CCC1CCCCN1C(C)CNCC(C)C. The topological polar surface area (TPSA) is 15.3 Å². The Morgan fingerprint density at radius 1 is 1.19 bits per heavy atom. The van der Waals surface area contributed by atoms with Gasteiger partial charge >= 0.3 is 0 Å². The van der Waals surface area contributed by atoms with E-state index in [0.29, 0.717) is 6.04 Å². The molecule has 0 saturated carbocycles. The highest BCUT2D eigenvalue weighted by Crippen LogP contribution is 2.21. The van der Waals surface area contributed by atoms with Crippen LogP contribution in [0.15, 0.2) is 0 Å². The quantitative estimate of drug-likeness (QED) is 0.749. The molecule has 2 nitrogen and oxygen atoms in total. The third-order valence-corrected chi connectivity index (χ3v) is 3.70. The van der Waals surface area contributed by atoms with E-state index in [4.69, 9.17) is 0 Å². The van der Waals surface area contributed by atoms with Gasteiger partial charge in [0.25, 0.3) is 0 Å². The lowest BCUT2D eigenvalue weighted by Crippen LogP contribution is -2.48. The summed E-state index contributed by atoms with van der Waals surface area (Å²) in [6.45, 7) is 12.9. The van der Waals surface area contributed by atoms with Crippen molar-refractivity contribution in [2.24, 2.45) is 5.92 Å². The van der Waals surface area contributed by atoms with Crippen LogP contribution in [0.3, 0.4) is 0 Å². The summed E-state index contributed by atoms with van der Waals surface area (Å²) in [6, 6.07) is 1.54. The van der Waals surface area contributed by atoms with E-state index in [0.717, 1.165) is 25.0 Å². The number of hydrogen-bond donors (Lipinski definition) is 1. The van der Waals surface area contributed by atoms with Crippen molar-refractivity contribution in [3.8, 4) is 0 Å². The predicted molar refractivity (Wildman–Crippen MR) is 71.8 cm³/mol. The zero-order chi connectivity index (χ0) is 12.0.